The lowest BCUT2D eigenvalue weighted by molar-refractivity contribution is 0.588. The third kappa shape index (κ3) is 4.11. The van der Waals surface area contributed by atoms with Crippen LogP contribution in [0.15, 0.2) is 152 Å². The number of aryl methyl sites for hydroxylation is 1. The highest BCUT2D eigenvalue weighted by Gasteiger charge is 2.52. The lowest BCUT2D eigenvalue weighted by Gasteiger charge is -2.33. The highest BCUT2D eigenvalue weighted by Crippen LogP contribution is 2.64. The van der Waals surface area contributed by atoms with Gasteiger partial charge in [0.05, 0.1) is 5.41 Å². The van der Waals surface area contributed by atoms with Crippen LogP contribution >= 0.6 is 0 Å². The third-order valence-electron chi connectivity index (χ3n) is 12.1. The molecule has 3 aliphatic carbocycles. The molecule has 7 aromatic rings. The maximum Gasteiger partial charge on any atom is 0.0726 e. The molecule has 1 atom stereocenters. The van der Waals surface area contributed by atoms with Crippen LogP contribution in [-0.2, 0) is 16.2 Å². The average Bonchev–Trinajstić information content (AvgIpc) is 3.73. The Labute approximate surface area is 312 Å². The standard InChI is InChI=1S/C51H43N/c1-32-19-22-34(23-20-32)52(35-24-27-40-37-13-7-10-16-43(37)50(5,6)46(40)30-35)36-25-28-42-39-15-9-12-18-45(39)51(48(42)31-36)44-17-11-8-14-38(44)41-26-21-33(29-47(41)51)49(2,3)4/h7-31H,1-6H3/i1D3. The van der Waals surface area contributed by atoms with Crippen molar-refractivity contribution in [3.8, 4) is 33.4 Å². The van der Waals surface area contributed by atoms with Crippen molar-refractivity contribution in [1.82, 2.24) is 0 Å². The summed E-state index contributed by atoms with van der Waals surface area (Å²) in [5, 5.41) is 0. The highest BCUT2D eigenvalue weighted by molar-refractivity contribution is 5.96. The van der Waals surface area contributed by atoms with E-state index < -0.39 is 12.3 Å². The van der Waals surface area contributed by atoms with Gasteiger partial charge in [-0.05, 0) is 121 Å². The minimum atomic E-state index is -2.19. The van der Waals surface area contributed by atoms with Crippen molar-refractivity contribution < 1.29 is 4.11 Å². The van der Waals surface area contributed by atoms with Gasteiger partial charge in [0.2, 0.25) is 0 Å². The largest absolute Gasteiger partial charge is 0.310 e. The van der Waals surface area contributed by atoms with Gasteiger partial charge in [-0.2, -0.15) is 0 Å². The minimum absolute atomic E-state index is 0.0213. The van der Waals surface area contributed by atoms with Crippen molar-refractivity contribution >= 4 is 17.1 Å². The van der Waals surface area contributed by atoms with Crippen LogP contribution < -0.4 is 4.90 Å². The van der Waals surface area contributed by atoms with Crippen LogP contribution in [0.5, 0.6) is 0 Å². The lowest BCUT2D eigenvalue weighted by Crippen LogP contribution is -2.27. The second-order valence-corrected chi connectivity index (χ2v) is 16.4. The Morgan fingerprint density at radius 2 is 0.885 bits per heavy atom. The first-order valence-corrected chi connectivity index (χ1v) is 18.4. The minimum Gasteiger partial charge on any atom is -0.310 e. The number of nitrogens with zero attached hydrogens (tertiary/aromatic N) is 1. The van der Waals surface area contributed by atoms with Crippen molar-refractivity contribution in [3.05, 3.63) is 196 Å². The zero-order valence-corrected chi connectivity index (χ0v) is 30.4. The van der Waals surface area contributed by atoms with Crippen LogP contribution in [0.4, 0.5) is 17.1 Å². The smallest absolute Gasteiger partial charge is 0.0726 e. The summed E-state index contributed by atoms with van der Waals surface area (Å²) in [5.74, 6) is 0. The molecule has 0 N–H and O–H groups in total. The van der Waals surface area contributed by atoms with E-state index in [0.29, 0.717) is 5.56 Å². The molecular weight excluding hydrogens is 627 g/mol. The summed E-state index contributed by atoms with van der Waals surface area (Å²) in [7, 11) is 0. The molecule has 0 saturated heterocycles. The number of rotatable bonds is 3. The fourth-order valence-corrected chi connectivity index (χ4v) is 9.62. The molecule has 0 amide bonds. The van der Waals surface area contributed by atoms with Crippen LogP contribution in [0.3, 0.4) is 0 Å². The van der Waals surface area contributed by atoms with Gasteiger partial charge in [-0.15, -0.1) is 0 Å². The van der Waals surface area contributed by atoms with Gasteiger partial charge >= 0.3 is 0 Å². The summed E-state index contributed by atoms with van der Waals surface area (Å²) in [6, 6.07) is 55.0. The molecule has 7 aromatic carbocycles. The maximum absolute atomic E-state index is 8.10. The molecule has 252 valence electrons. The summed E-state index contributed by atoms with van der Waals surface area (Å²) >= 11 is 0. The number of hydrogen-bond acceptors (Lipinski definition) is 1. The second-order valence-electron chi connectivity index (χ2n) is 16.4. The van der Waals surface area contributed by atoms with Crippen LogP contribution in [0.2, 0.25) is 0 Å². The quantitative estimate of drug-likeness (QED) is 0.181. The molecule has 3 aliphatic rings. The second kappa shape index (κ2) is 10.7. The van der Waals surface area contributed by atoms with E-state index >= 15 is 0 Å². The molecule has 0 heterocycles. The zero-order chi connectivity index (χ0) is 38.1. The molecule has 1 heteroatoms. The predicted octanol–water partition coefficient (Wildman–Crippen LogP) is 13.4. The van der Waals surface area contributed by atoms with Crippen LogP contribution in [-0.4, -0.2) is 0 Å². The van der Waals surface area contributed by atoms with E-state index in [9.17, 15) is 0 Å². The van der Waals surface area contributed by atoms with E-state index in [4.69, 9.17) is 4.11 Å². The first-order chi connectivity index (χ1) is 26.3. The Bertz CT molecular complexity index is 2700. The molecule has 10 rings (SSSR count). The molecule has 0 saturated carbocycles. The van der Waals surface area contributed by atoms with Gasteiger partial charge in [-0.3, -0.25) is 0 Å². The van der Waals surface area contributed by atoms with Crippen LogP contribution in [0, 0.1) is 6.85 Å². The summed E-state index contributed by atoms with van der Waals surface area (Å²) in [6.45, 7) is 9.33. The first kappa shape index (κ1) is 28.0. The third-order valence-corrected chi connectivity index (χ3v) is 12.1. The van der Waals surface area contributed by atoms with Gasteiger partial charge < -0.3 is 4.90 Å². The fraction of sp³-hybridized carbons (Fsp3) is 0.176. The SMILES string of the molecule is [2H]C([2H])([2H])c1ccc(N(c2ccc3c(c2)C(C)(C)c2ccccc2-3)c2ccc3c(c2)C2(c4ccccc4-3)c3ccccc3-c3ccc(C(C)(C)C)cc32)cc1. The van der Waals surface area contributed by atoms with Crippen molar-refractivity contribution in [1.29, 1.82) is 0 Å². The van der Waals surface area contributed by atoms with E-state index in [1.807, 2.05) is 12.1 Å². The lowest BCUT2D eigenvalue weighted by atomic mass is 9.69. The Hall–Kier alpha value is -5.66. The molecule has 0 aliphatic heterocycles. The van der Waals surface area contributed by atoms with Gasteiger partial charge in [-0.25, -0.2) is 0 Å². The summed E-state index contributed by atoms with van der Waals surface area (Å²) < 4.78 is 24.3. The topological polar surface area (TPSA) is 3.24 Å². The maximum atomic E-state index is 8.10. The monoisotopic (exact) mass is 672 g/mol. The molecule has 0 fully saturated rings. The van der Waals surface area contributed by atoms with Crippen molar-refractivity contribution in [2.24, 2.45) is 0 Å². The molecule has 1 spiro atoms. The van der Waals surface area contributed by atoms with E-state index in [2.05, 4.69) is 167 Å². The molecule has 0 aromatic heterocycles. The zero-order valence-electron chi connectivity index (χ0n) is 33.4. The molecule has 52 heavy (non-hydrogen) atoms. The highest BCUT2D eigenvalue weighted by atomic mass is 15.1. The van der Waals surface area contributed by atoms with Gasteiger partial charge in [0.1, 0.15) is 0 Å². The summed E-state index contributed by atoms with van der Waals surface area (Å²) in [4.78, 5) is 2.31. The van der Waals surface area contributed by atoms with Crippen molar-refractivity contribution in [3.63, 3.8) is 0 Å². The van der Waals surface area contributed by atoms with Gasteiger partial charge in [0, 0.05) is 26.6 Å². The van der Waals surface area contributed by atoms with E-state index in [0.717, 1.165) is 17.1 Å². The Morgan fingerprint density at radius 3 is 1.46 bits per heavy atom. The molecular formula is C51H43N. The molecule has 1 unspecified atom stereocenters. The predicted molar refractivity (Wildman–Crippen MR) is 218 cm³/mol. The summed E-state index contributed by atoms with van der Waals surface area (Å²) in [5.41, 5.74) is 19.4. The van der Waals surface area contributed by atoms with E-state index in [1.54, 1.807) is 12.1 Å². The van der Waals surface area contributed by atoms with E-state index in [-0.39, 0.29) is 10.8 Å². The Kier molecular flexibility index (Phi) is 5.75. The van der Waals surface area contributed by atoms with Gasteiger partial charge in [0.25, 0.3) is 0 Å². The van der Waals surface area contributed by atoms with Crippen LogP contribution in [0.25, 0.3) is 33.4 Å². The fourth-order valence-electron chi connectivity index (χ4n) is 9.62. The number of hydrogen-bond donors (Lipinski definition) is 0. The molecule has 1 nitrogen and oxygen atoms in total. The summed E-state index contributed by atoms with van der Waals surface area (Å²) in [6.07, 6.45) is 0. The van der Waals surface area contributed by atoms with Gasteiger partial charge in [-0.1, -0.05) is 155 Å². The number of fused-ring (bicyclic) bond motifs is 13. The van der Waals surface area contributed by atoms with Crippen LogP contribution in [0.1, 0.15) is 83.2 Å². The van der Waals surface area contributed by atoms with Crippen molar-refractivity contribution in [2.45, 2.75) is 57.7 Å². The molecule has 0 radical (unpaired) electrons. The normalized spacial score (nSPS) is 18.0. The van der Waals surface area contributed by atoms with Crippen molar-refractivity contribution in [2.75, 3.05) is 4.90 Å². The Balaban J connectivity index is 1.24. The molecule has 0 bridgehead atoms. The number of benzene rings is 7. The average molecular weight is 673 g/mol. The van der Waals surface area contributed by atoms with E-state index in [1.165, 1.54) is 72.3 Å². The van der Waals surface area contributed by atoms with Gasteiger partial charge in [0.15, 0.2) is 0 Å². The Morgan fingerprint density at radius 1 is 0.442 bits per heavy atom. The number of anilines is 3. The first-order valence-electron chi connectivity index (χ1n) is 19.9.